The minimum absolute atomic E-state index is 0.126. The van der Waals surface area contributed by atoms with Crippen LogP contribution in [-0.4, -0.2) is 43.4 Å². The van der Waals surface area contributed by atoms with Crippen molar-refractivity contribution >= 4 is 8.32 Å². The zero-order chi connectivity index (χ0) is 14.8. The Labute approximate surface area is 117 Å². The summed E-state index contributed by atoms with van der Waals surface area (Å²) in [6.45, 7) is 13.6. The van der Waals surface area contributed by atoms with E-state index in [1.54, 1.807) is 0 Å². The summed E-state index contributed by atoms with van der Waals surface area (Å²) in [4.78, 5) is 0. The summed E-state index contributed by atoms with van der Waals surface area (Å²) >= 11 is 0. The van der Waals surface area contributed by atoms with E-state index in [-0.39, 0.29) is 5.04 Å². The minimum atomic E-state index is -1.93. The van der Waals surface area contributed by atoms with Gasteiger partial charge in [-0.2, -0.15) is 0 Å². The molecule has 19 heavy (non-hydrogen) atoms. The van der Waals surface area contributed by atoms with Gasteiger partial charge in [-0.05, 0) is 30.1 Å². The molecule has 3 unspecified atom stereocenters. The average Bonchev–Trinajstić information content (AvgIpc) is 2.30. The van der Waals surface area contributed by atoms with Crippen LogP contribution in [0.5, 0.6) is 0 Å². The molecule has 4 nitrogen and oxygen atoms in total. The smallest absolute Gasteiger partial charge is 0.192 e. The van der Waals surface area contributed by atoms with Crippen molar-refractivity contribution in [3.05, 3.63) is 12.3 Å². The second-order valence-corrected chi connectivity index (χ2v) is 11.3. The van der Waals surface area contributed by atoms with E-state index in [1.807, 2.05) is 0 Å². The van der Waals surface area contributed by atoms with Crippen molar-refractivity contribution in [3.63, 3.8) is 0 Å². The molecule has 0 aromatic carbocycles. The molecule has 0 aromatic heterocycles. The Kier molecular flexibility index (Phi) is 5.23. The molecule has 0 aliphatic carbocycles. The quantitative estimate of drug-likeness (QED) is 0.762. The Bertz CT molecular complexity index is 325. The van der Waals surface area contributed by atoms with Crippen molar-refractivity contribution in [3.8, 4) is 0 Å². The molecule has 0 saturated heterocycles. The van der Waals surface area contributed by atoms with Gasteiger partial charge in [0.05, 0.1) is 12.9 Å². The van der Waals surface area contributed by atoms with Crippen LogP contribution in [0.4, 0.5) is 0 Å². The molecule has 1 rings (SSSR count). The molecule has 0 fully saturated rings. The molecule has 0 amide bonds. The molecule has 0 saturated carbocycles. The average molecular weight is 288 g/mol. The van der Waals surface area contributed by atoms with E-state index >= 15 is 0 Å². The maximum atomic E-state index is 9.86. The van der Waals surface area contributed by atoms with Gasteiger partial charge in [0.2, 0.25) is 0 Å². The molecule has 2 N–H and O–H groups in total. The Balaban J connectivity index is 2.63. The fourth-order valence-corrected chi connectivity index (χ4v) is 4.29. The molecule has 0 bridgehead atoms. The molecular formula is C14H28O4Si. The van der Waals surface area contributed by atoms with E-state index < -0.39 is 26.6 Å². The first kappa shape index (κ1) is 16.7. The number of ether oxygens (including phenoxy) is 1. The molecule has 3 atom stereocenters. The van der Waals surface area contributed by atoms with Crippen LogP contribution >= 0.6 is 0 Å². The highest BCUT2D eigenvalue weighted by Crippen LogP contribution is 2.44. The molecule has 0 aromatic rings. The van der Waals surface area contributed by atoms with E-state index in [1.165, 1.54) is 12.3 Å². The zero-order valence-corrected chi connectivity index (χ0v) is 13.9. The molecule has 0 spiro atoms. The summed E-state index contributed by atoms with van der Waals surface area (Å²) < 4.78 is 11.5. The van der Waals surface area contributed by atoms with Gasteiger partial charge in [-0.15, -0.1) is 0 Å². The molecule has 1 aliphatic rings. The molecule has 112 valence electrons. The van der Waals surface area contributed by atoms with Crippen LogP contribution in [0.2, 0.25) is 18.1 Å². The van der Waals surface area contributed by atoms with Gasteiger partial charge >= 0.3 is 0 Å². The van der Waals surface area contributed by atoms with Gasteiger partial charge in [0, 0.05) is 0 Å². The van der Waals surface area contributed by atoms with Gasteiger partial charge in [-0.25, -0.2) is 0 Å². The predicted molar refractivity (Wildman–Crippen MR) is 78.3 cm³/mol. The standard InChI is InChI=1S/C14H28O4Si/c1-10(2)14(3,4)19(5,6)18-9-12-13(16)11(15)7-8-17-12/h7-8,10-13,15-16H,9H2,1-6H3. The highest BCUT2D eigenvalue weighted by Gasteiger charge is 2.44. The largest absolute Gasteiger partial charge is 0.493 e. The fourth-order valence-electron chi connectivity index (χ4n) is 1.95. The van der Waals surface area contributed by atoms with Gasteiger partial charge in [-0.3, -0.25) is 0 Å². The van der Waals surface area contributed by atoms with E-state index in [0.717, 1.165) is 0 Å². The van der Waals surface area contributed by atoms with Gasteiger partial charge in [0.25, 0.3) is 0 Å². The molecular weight excluding hydrogens is 260 g/mol. The first-order chi connectivity index (χ1) is 8.59. The highest BCUT2D eigenvalue weighted by molar-refractivity contribution is 6.74. The molecule has 0 radical (unpaired) electrons. The van der Waals surface area contributed by atoms with Crippen molar-refractivity contribution < 1.29 is 19.4 Å². The predicted octanol–water partition coefficient (Wildman–Crippen LogP) is 2.28. The molecule has 5 heteroatoms. The van der Waals surface area contributed by atoms with Gasteiger partial charge < -0.3 is 19.4 Å². The van der Waals surface area contributed by atoms with Crippen LogP contribution in [0.3, 0.4) is 0 Å². The summed E-state index contributed by atoms with van der Waals surface area (Å²) in [5.74, 6) is 0.525. The first-order valence-electron chi connectivity index (χ1n) is 6.92. The van der Waals surface area contributed by atoms with Crippen LogP contribution in [0.25, 0.3) is 0 Å². The Morgan fingerprint density at radius 2 is 1.89 bits per heavy atom. The van der Waals surface area contributed by atoms with Gasteiger partial charge in [-0.1, -0.05) is 27.7 Å². The topological polar surface area (TPSA) is 58.9 Å². The van der Waals surface area contributed by atoms with Crippen molar-refractivity contribution in [2.45, 2.75) is 64.1 Å². The lowest BCUT2D eigenvalue weighted by Crippen LogP contribution is -2.50. The Morgan fingerprint density at radius 1 is 1.32 bits per heavy atom. The minimum Gasteiger partial charge on any atom is -0.493 e. The fraction of sp³-hybridized carbons (Fsp3) is 0.857. The third kappa shape index (κ3) is 3.59. The SMILES string of the molecule is CC(C)C(C)(C)[Si](C)(C)OCC1OC=CC(O)C1O. The lowest BCUT2D eigenvalue weighted by Gasteiger charge is -2.43. The molecule has 1 aliphatic heterocycles. The van der Waals surface area contributed by atoms with E-state index in [9.17, 15) is 10.2 Å². The van der Waals surface area contributed by atoms with E-state index in [0.29, 0.717) is 12.5 Å². The Hall–Kier alpha value is -0.363. The lowest BCUT2D eigenvalue weighted by molar-refractivity contribution is -0.0790. The normalized spacial score (nSPS) is 28.6. The van der Waals surface area contributed by atoms with Gasteiger partial charge in [0.1, 0.15) is 18.3 Å². The summed E-state index contributed by atoms with van der Waals surface area (Å²) in [5, 5.41) is 19.5. The van der Waals surface area contributed by atoms with Crippen molar-refractivity contribution in [2.24, 2.45) is 5.92 Å². The van der Waals surface area contributed by atoms with Crippen LogP contribution in [0.15, 0.2) is 12.3 Å². The zero-order valence-electron chi connectivity index (χ0n) is 12.9. The monoisotopic (exact) mass is 288 g/mol. The van der Waals surface area contributed by atoms with Crippen molar-refractivity contribution in [1.82, 2.24) is 0 Å². The van der Waals surface area contributed by atoms with E-state index in [2.05, 4.69) is 40.8 Å². The molecule has 1 heterocycles. The van der Waals surface area contributed by atoms with Crippen molar-refractivity contribution in [2.75, 3.05) is 6.61 Å². The number of rotatable bonds is 5. The number of hydrogen-bond donors (Lipinski definition) is 2. The van der Waals surface area contributed by atoms with Crippen LogP contribution in [-0.2, 0) is 9.16 Å². The summed E-state index contributed by atoms with van der Waals surface area (Å²) in [6.07, 6.45) is 0.604. The maximum Gasteiger partial charge on any atom is 0.192 e. The maximum absolute atomic E-state index is 9.86. The second-order valence-electron chi connectivity index (χ2n) is 6.68. The number of aliphatic hydroxyl groups excluding tert-OH is 2. The van der Waals surface area contributed by atoms with Crippen LogP contribution in [0, 0.1) is 5.92 Å². The number of aliphatic hydroxyl groups is 2. The van der Waals surface area contributed by atoms with Crippen LogP contribution in [0.1, 0.15) is 27.7 Å². The Morgan fingerprint density at radius 3 is 2.42 bits per heavy atom. The first-order valence-corrected chi connectivity index (χ1v) is 9.82. The van der Waals surface area contributed by atoms with E-state index in [4.69, 9.17) is 9.16 Å². The highest BCUT2D eigenvalue weighted by atomic mass is 28.4. The van der Waals surface area contributed by atoms with Gasteiger partial charge in [0.15, 0.2) is 8.32 Å². The third-order valence-corrected chi connectivity index (χ3v) is 9.43. The second kappa shape index (κ2) is 5.95. The summed E-state index contributed by atoms with van der Waals surface area (Å²) in [7, 11) is -1.93. The summed E-state index contributed by atoms with van der Waals surface area (Å²) in [5.41, 5.74) is 0. The lowest BCUT2D eigenvalue weighted by atomic mass is 9.99. The van der Waals surface area contributed by atoms with Crippen LogP contribution < -0.4 is 0 Å². The number of hydrogen-bond acceptors (Lipinski definition) is 4. The van der Waals surface area contributed by atoms with Crippen molar-refractivity contribution in [1.29, 1.82) is 0 Å². The summed E-state index contributed by atoms with van der Waals surface area (Å²) in [6, 6.07) is 0. The third-order valence-electron chi connectivity index (χ3n) is 4.86.